The van der Waals surface area contributed by atoms with Crippen LogP contribution in [0.2, 0.25) is 0 Å². The average Bonchev–Trinajstić information content (AvgIpc) is 2.39. The maximum Gasteiger partial charge on any atom is 0.238 e. The van der Waals surface area contributed by atoms with Gasteiger partial charge in [0.25, 0.3) is 0 Å². The van der Waals surface area contributed by atoms with Crippen LogP contribution in [-0.2, 0) is 14.8 Å². The summed E-state index contributed by atoms with van der Waals surface area (Å²) in [5.74, 6) is 0. The Morgan fingerprint density at radius 1 is 1.45 bits per heavy atom. The molecule has 1 saturated heterocycles. The Balaban J connectivity index is 2.03. The van der Waals surface area contributed by atoms with Crippen LogP contribution in [-0.4, -0.2) is 27.2 Å². The van der Waals surface area contributed by atoms with Gasteiger partial charge in [-0.15, -0.1) is 0 Å². The smallest absolute Gasteiger partial charge is 0.238 e. The lowest BCUT2D eigenvalue weighted by Crippen LogP contribution is -2.34. The molecule has 0 spiro atoms. The minimum absolute atomic E-state index is 0.139. The first-order chi connectivity index (χ1) is 9.49. The second kappa shape index (κ2) is 6.56. The lowest BCUT2D eigenvalue weighted by atomic mass is 10.00. The largest absolute Gasteiger partial charge is 0.382 e. The number of ether oxygens (including phenoxy) is 1. The van der Waals surface area contributed by atoms with Crippen molar-refractivity contribution in [2.24, 2.45) is 5.14 Å². The number of hydrogen-bond acceptors (Lipinski definition) is 4. The molecule has 20 heavy (non-hydrogen) atoms. The van der Waals surface area contributed by atoms with Crippen molar-refractivity contribution < 1.29 is 13.2 Å². The van der Waals surface area contributed by atoms with Gasteiger partial charge in [0.05, 0.1) is 11.0 Å². The lowest BCUT2D eigenvalue weighted by molar-refractivity contribution is 0.00597. The predicted molar refractivity (Wildman–Crippen MR) is 79.1 cm³/mol. The Morgan fingerprint density at radius 2 is 2.25 bits per heavy atom. The first-order valence-electron chi connectivity index (χ1n) is 7.00. The quantitative estimate of drug-likeness (QED) is 0.872. The van der Waals surface area contributed by atoms with Crippen LogP contribution in [0.5, 0.6) is 0 Å². The van der Waals surface area contributed by atoms with E-state index in [9.17, 15) is 8.42 Å². The minimum atomic E-state index is -3.65. The number of nitrogens with one attached hydrogen (secondary N) is 1. The van der Waals surface area contributed by atoms with Crippen molar-refractivity contribution in [3.63, 3.8) is 0 Å². The minimum Gasteiger partial charge on any atom is -0.382 e. The molecule has 2 atom stereocenters. The molecule has 2 rings (SSSR count). The molecular formula is C14H22N2O3S. The monoisotopic (exact) mass is 298 g/mol. The summed E-state index contributed by atoms with van der Waals surface area (Å²) in [4.78, 5) is 0.139. The molecule has 1 aliphatic heterocycles. The molecule has 112 valence electrons. The molecule has 0 aromatic heterocycles. The van der Waals surface area contributed by atoms with E-state index in [2.05, 4.69) is 12.2 Å². The Labute approximate surface area is 120 Å². The zero-order valence-electron chi connectivity index (χ0n) is 11.7. The highest BCUT2D eigenvalue weighted by Gasteiger charge is 2.22. The van der Waals surface area contributed by atoms with E-state index in [1.54, 1.807) is 12.1 Å². The third-order valence-corrected chi connectivity index (χ3v) is 4.42. The number of hydrogen-bond donors (Lipinski definition) is 2. The average molecular weight is 298 g/mol. The highest BCUT2D eigenvalue weighted by molar-refractivity contribution is 7.89. The van der Waals surface area contributed by atoms with Crippen LogP contribution in [0.1, 0.15) is 32.6 Å². The molecule has 0 bridgehead atoms. The number of sulfonamides is 1. The van der Waals surface area contributed by atoms with Gasteiger partial charge < -0.3 is 10.1 Å². The van der Waals surface area contributed by atoms with Crippen LogP contribution in [0.3, 0.4) is 0 Å². The molecular weight excluding hydrogens is 276 g/mol. The fourth-order valence-corrected chi connectivity index (χ4v) is 3.09. The van der Waals surface area contributed by atoms with E-state index in [4.69, 9.17) is 9.88 Å². The standard InChI is InChI=1S/C14H22N2O3S/c1-2-4-13-9-12(7-8-19-13)16-11-5-3-6-14(10-11)20(15,17)18/h3,5-6,10,12-13,16H,2,4,7-9H2,1H3,(H2,15,17,18). The van der Waals surface area contributed by atoms with Crippen molar-refractivity contribution in [1.82, 2.24) is 0 Å². The third-order valence-electron chi connectivity index (χ3n) is 3.51. The van der Waals surface area contributed by atoms with Crippen molar-refractivity contribution in [2.45, 2.75) is 49.6 Å². The molecule has 3 N–H and O–H groups in total. The summed E-state index contributed by atoms with van der Waals surface area (Å²) < 4.78 is 28.4. The molecule has 0 radical (unpaired) electrons. The van der Waals surface area contributed by atoms with Crippen LogP contribution in [0.4, 0.5) is 5.69 Å². The maximum atomic E-state index is 11.3. The molecule has 5 nitrogen and oxygen atoms in total. The number of primary sulfonamides is 1. The van der Waals surface area contributed by atoms with E-state index in [-0.39, 0.29) is 4.90 Å². The molecule has 0 aliphatic carbocycles. The van der Waals surface area contributed by atoms with E-state index >= 15 is 0 Å². The summed E-state index contributed by atoms with van der Waals surface area (Å²) in [7, 11) is -3.65. The summed E-state index contributed by atoms with van der Waals surface area (Å²) in [6, 6.07) is 6.96. The molecule has 1 fully saturated rings. The van der Waals surface area contributed by atoms with Crippen molar-refractivity contribution in [2.75, 3.05) is 11.9 Å². The zero-order valence-corrected chi connectivity index (χ0v) is 12.5. The predicted octanol–water partition coefficient (Wildman–Crippen LogP) is 2.09. The molecule has 2 unspecified atom stereocenters. The fraction of sp³-hybridized carbons (Fsp3) is 0.571. The van der Waals surface area contributed by atoms with E-state index in [0.717, 1.165) is 38.0 Å². The second-order valence-electron chi connectivity index (χ2n) is 5.22. The summed E-state index contributed by atoms with van der Waals surface area (Å²) >= 11 is 0. The van der Waals surface area contributed by atoms with Crippen molar-refractivity contribution in [3.05, 3.63) is 24.3 Å². The third kappa shape index (κ3) is 4.19. The van der Waals surface area contributed by atoms with Gasteiger partial charge in [0.1, 0.15) is 0 Å². The van der Waals surface area contributed by atoms with Gasteiger partial charge in [-0.3, -0.25) is 0 Å². The van der Waals surface area contributed by atoms with E-state index in [0.29, 0.717) is 12.1 Å². The molecule has 1 aromatic rings. The molecule has 0 saturated carbocycles. The van der Waals surface area contributed by atoms with Crippen molar-refractivity contribution in [1.29, 1.82) is 0 Å². The zero-order chi connectivity index (χ0) is 14.6. The Kier molecular flexibility index (Phi) is 5.01. The Morgan fingerprint density at radius 3 is 2.95 bits per heavy atom. The fourth-order valence-electron chi connectivity index (χ4n) is 2.53. The summed E-state index contributed by atoms with van der Waals surface area (Å²) in [5.41, 5.74) is 0.790. The second-order valence-corrected chi connectivity index (χ2v) is 6.78. The van der Waals surface area contributed by atoms with Crippen molar-refractivity contribution >= 4 is 15.7 Å². The maximum absolute atomic E-state index is 11.3. The summed E-state index contributed by atoms with van der Waals surface area (Å²) in [6.45, 7) is 2.90. The number of rotatable bonds is 5. The SMILES string of the molecule is CCCC1CC(Nc2cccc(S(N)(=O)=O)c2)CCO1. The Hall–Kier alpha value is -1.11. The molecule has 1 heterocycles. The van der Waals surface area contributed by atoms with Crippen LogP contribution >= 0.6 is 0 Å². The van der Waals surface area contributed by atoms with Gasteiger partial charge >= 0.3 is 0 Å². The number of benzene rings is 1. The van der Waals surface area contributed by atoms with E-state index in [1.807, 2.05) is 6.07 Å². The number of anilines is 1. The van der Waals surface area contributed by atoms with Gasteiger partial charge in [-0.05, 0) is 37.5 Å². The summed E-state index contributed by atoms with van der Waals surface area (Å²) in [6.07, 6.45) is 4.36. The van der Waals surface area contributed by atoms with Crippen LogP contribution in [0.15, 0.2) is 29.2 Å². The van der Waals surface area contributed by atoms with Crippen molar-refractivity contribution in [3.8, 4) is 0 Å². The van der Waals surface area contributed by atoms with Gasteiger partial charge in [-0.1, -0.05) is 19.4 Å². The topological polar surface area (TPSA) is 81.4 Å². The first-order valence-corrected chi connectivity index (χ1v) is 8.54. The molecule has 6 heteroatoms. The van der Waals surface area contributed by atoms with Gasteiger partial charge in [-0.2, -0.15) is 0 Å². The highest BCUT2D eigenvalue weighted by Crippen LogP contribution is 2.22. The van der Waals surface area contributed by atoms with Gasteiger partial charge in [0.15, 0.2) is 0 Å². The van der Waals surface area contributed by atoms with E-state index < -0.39 is 10.0 Å². The lowest BCUT2D eigenvalue weighted by Gasteiger charge is -2.30. The van der Waals surface area contributed by atoms with Crippen LogP contribution in [0.25, 0.3) is 0 Å². The normalized spacial score (nSPS) is 23.5. The molecule has 1 aliphatic rings. The summed E-state index contributed by atoms with van der Waals surface area (Å²) in [5, 5.41) is 8.53. The van der Waals surface area contributed by atoms with Crippen LogP contribution < -0.4 is 10.5 Å². The van der Waals surface area contributed by atoms with Gasteiger partial charge in [0.2, 0.25) is 10.0 Å². The van der Waals surface area contributed by atoms with Gasteiger partial charge in [0, 0.05) is 18.3 Å². The Bertz CT molecular complexity index is 543. The first kappa shape index (κ1) is 15.3. The van der Waals surface area contributed by atoms with Crippen LogP contribution in [0, 0.1) is 0 Å². The van der Waals surface area contributed by atoms with E-state index in [1.165, 1.54) is 6.07 Å². The molecule has 1 aromatic carbocycles. The van der Waals surface area contributed by atoms with Gasteiger partial charge in [-0.25, -0.2) is 13.6 Å². The molecule has 0 amide bonds. The number of nitrogens with two attached hydrogens (primary N) is 1. The highest BCUT2D eigenvalue weighted by atomic mass is 32.2.